The molecule has 4 nitrogen and oxygen atoms in total. The highest BCUT2D eigenvalue weighted by Crippen LogP contribution is 2.32. The topological polar surface area (TPSA) is 42.8 Å². The Morgan fingerprint density at radius 3 is 2.35 bits per heavy atom. The number of nitrogens with zero attached hydrogens (tertiary/aromatic N) is 1. The van der Waals surface area contributed by atoms with E-state index in [1.54, 1.807) is 32.6 Å². The van der Waals surface area contributed by atoms with Gasteiger partial charge in [0.2, 0.25) is 0 Å². The third-order valence-electron chi connectivity index (χ3n) is 2.67. The van der Waals surface area contributed by atoms with Crippen LogP contribution in [0, 0.1) is 0 Å². The first-order valence-corrected chi connectivity index (χ1v) is 6.38. The molecule has 1 N–H and O–H groups in total. The van der Waals surface area contributed by atoms with Crippen LogP contribution in [0.4, 0.5) is 5.69 Å². The third-order valence-corrected chi connectivity index (χ3v) is 3.00. The van der Waals surface area contributed by atoms with Crippen LogP contribution in [0.25, 0.3) is 0 Å². The first kappa shape index (κ1) is 14.2. The maximum Gasteiger partial charge on any atom is 0.162 e. The van der Waals surface area contributed by atoms with E-state index < -0.39 is 0 Å². The number of anilines is 1. The summed E-state index contributed by atoms with van der Waals surface area (Å²) in [5.74, 6) is 1.20. The molecule has 0 aromatic heterocycles. The number of hydrogen-bond donors (Lipinski definition) is 1. The predicted octanol–water partition coefficient (Wildman–Crippen LogP) is 3.80. The van der Waals surface area contributed by atoms with Gasteiger partial charge in [0.15, 0.2) is 11.5 Å². The average molecular weight is 291 g/mol. The molecule has 0 spiro atoms. The lowest BCUT2D eigenvalue weighted by Gasteiger charge is -2.09. The summed E-state index contributed by atoms with van der Waals surface area (Å²) < 4.78 is 10.4. The quantitative estimate of drug-likeness (QED) is 0.673. The number of hydrogen-bond acceptors (Lipinski definition) is 4. The highest BCUT2D eigenvalue weighted by Gasteiger charge is 2.08. The van der Waals surface area contributed by atoms with Crippen LogP contribution in [0.5, 0.6) is 11.5 Å². The molecule has 0 aliphatic rings. The lowest BCUT2D eigenvalue weighted by atomic mass is 10.2. The van der Waals surface area contributed by atoms with E-state index in [-0.39, 0.29) is 0 Å². The zero-order valence-electron chi connectivity index (χ0n) is 11.3. The molecule has 0 aliphatic heterocycles. The van der Waals surface area contributed by atoms with Gasteiger partial charge in [-0.1, -0.05) is 29.8 Å². The van der Waals surface area contributed by atoms with Gasteiger partial charge in [0.25, 0.3) is 0 Å². The second kappa shape index (κ2) is 6.82. The molecule has 0 fully saturated rings. The molecule has 0 saturated carbocycles. The van der Waals surface area contributed by atoms with Crippen molar-refractivity contribution >= 4 is 23.5 Å². The van der Waals surface area contributed by atoms with Crippen LogP contribution >= 0.6 is 11.6 Å². The van der Waals surface area contributed by atoms with E-state index in [1.807, 2.05) is 30.3 Å². The standard InChI is InChI=1S/C15H15ClN2O2/c1-19-14-8-11(13(16)9-15(14)20-2)10-17-18-12-6-4-3-5-7-12/h3-10,18H,1-2H3. The Bertz CT molecular complexity index is 600. The summed E-state index contributed by atoms with van der Waals surface area (Å²) in [6.45, 7) is 0. The van der Waals surface area contributed by atoms with Gasteiger partial charge >= 0.3 is 0 Å². The predicted molar refractivity (Wildman–Crippen MR) is 82.2 cm³/mol. The van der Waals surface area contributed by atoms with Crippen LogP contribution in [0.15, 0.2) is 47.6 Å². The number of nitrogens with one attached hydrogen (secondary N) is 1. The molecule has 0 unspecified atom stereocenters. The van der Waals surface area contributed by atoms with E-state index in [0.29, 0.717) is 16.5 Å². The fourth-order valence-corrected chi connectivity index (χ4v) is 1.86. The number of para-hydroxylation sites is 1. The lowest BCUT2D eigenvalue weighted by molar-refractivity contribution is 0.355. The number of halogens is 1. The summed E-state index contributed by atoms with van der Waals surface area (Å²) in [7, 11) is 3.15. The summed E-state index contributed by atoms with van der Waals surface area (Å²) in [6.07, 6.45) is 1.64. The Labute approximate surface area is 123 Å². The Hall–Kier alpha value is -2.20. The maximum atomic E-state index is 6.16. The van der Waals surface area contributed by atoms with Crippen molar-refractivity contribution in [3.63, 3.8) is 0 Å². The second-order valence-corrected chi connectivity index (χ2v) is 4.37. The number of benzene rings is 2. The highest BCUT2D eigenvalue weighted by molar-refractivity contribution is 6.33. The van der Waals surface area contributed by atoms with E-state index in [1.165, 1.54) is 0 Å². The maximum absolute atomic E-state index is 6.16. The van der Waals surface area contributed by atoms with Gasteiger partial charge in [0.05, 0.1) is 31.1 Å². The van der Waals surface area contributed by atoms with Gasteiger partial charge in [-0.2, -0.15) is 5.10 Å². The number of rotatable bonds is 5. The Morgan fingerprint density at radius 1 is 1.05 bits per heavy atom. The van der Waals surface area contributed by atoms with E-state index in [2.05, 4.69) is 10.5 Å². The Kier molecular flexibility index (Phi) is 4.85. The summed E-state index contributed by atoms with van der Waals surface area (Å²) in [6, 6.07) is 13.1. The lowest BCUT2D eigenvalue weighted by Crippen LogP contribution is -1.95. The molecule has 104 valence electrons. The molecule has 2 aromatic carbocycles. The summed E-state index contributed by atoms with van der Waals surface area (Å²) in [5, 5.41) is 4.69. The van der Waals surface area contributed by atoms with Gasteiger partial charge in [-0.05, 0) is 18.2 Å². The second-order valence-electron chi connectivity index (χ2n) is 3.96. The van der Waals surface area contributed by atoms with Gasteiger partial charge in [-0.25, -0.2) is 0 Å². The minimum Gasteiger partial charge on any atom is -0.493 e. The SMILES string of the molecule is COc1cc(Cl)c(C=NNc2ccccc2)cc1OC. The van der Waals surface area contributed by atoms with Crippen molar-refractivity contribution in [2.24, 2.45) is 5.10 Å². The molecule has 0 bridgehead atoms. The van der Waals surface area contributed by atoms with E-state index in [9.17, 15) is 0 Å². The Morgan fingerprint density at radius 2 is 1.70 bits per heavy atom. The fourth-order valence-electron chi connectivity index (χ4n) is 1.66. The number of ether oxygens (including phenoxy) is 2. The van der Waals surface area contributed by atoms with Gasteiger partial charge < -0.3 is 9.47 Å². The van der Waals surface area contributed by atoms with Crippen LogP contribution in [0.1, 0.15) is 5.56 Å². The minimum absolute atomic E-state index is 0.543. The smallest absolute Gasteiger partial charge is 0.162 e. The molecule has 0 saturated heterocycles. The summed E-state index contributed by atoms with van der Waals surface area (Å²) >= 11 is 6.16. The molecule has 0 radical (unpaired) electrons. The van der Waals surface area contributed by atoms with Crippen molar-refractivity contribution in [2.75, 3.05) is 19.6 Å². The van der Waals surface area contributed by atoms with Crippen molar-refractivity contribution in [1.29, 1.82) is 0 Å². The zero-order valence-corrected chi connectivity index (χ0v) is 12.0. The molecule has 0 heterocycles. The first-order chi connectivity index (χ1) is 9.74. The van der Waals surface area contributed by atoms with Crippen LogP contribution in [-0.4, -0.2) is 20.4 Å². The van der Waals surface area contributed by atoms with Crippen molar-refractivity contribution in [3.05, 3.63) is 53.1 Å². The van der Waals surface area contributed by atoms with Gasteiger partial charge in [-0.15, -0.1) is 0 Å². The molecule has 2 rings (SSSR count). The van der Waals surface area contributed by atoms with E-state index in [4.69, 9.17) is 21.1 Å². The number of methoxy groups -OCH3 is 2. The number of hydrazone groups is 1. The Balaban J connectivity index is 2.16. The third kappa shape index (κ3) is 3.42. The van der Waals surface area contributed by atoms with Gasteiger partial charge in [0.1, 0.15) is 0 Å². The summed E-state index contributed by atoms with van der Waals surface area (Å²) in [4.78, 5) is 0. The van der Waals surface area contributed by atoms with Crippen molar-refractivity contribution in [3.8, 4) is 11.5 Å². The molecular weight excluding hydrogens is 276 g/mol. The largest absolute Gasteiger partial charge is 0.493 e. The first-order valence-electron chi connectivity index (χ1n) is 6.00. The van der Waals surface area contributed by atoms with Gasteiger partial charge in [0, 0.05) is 11.6 Å². The monoisotopic (exact) mass is 290 g/mol. The van der Waals surface area contributed by atoms with Crippen LogP contribution in [0.3, 0.4) is 0 Å². The van der Waals surface area contributed by atoms with E-state index >= 15 is 0 Å². The van der Waals surface area contributed by atoms with Crippen LogP contribution in [0.2, 0.25) is 5.02 Å². The fraction of sp³-hybridized carbons (Fsp3) is 0.133. The average Bonchev–Trinajstić information content (AvgIpc) is 2.49. The summed E-state index contributed by atoms with van der Waals surface area (Å²) in [5.41, 5.74) is 4.57. The highest BCUT2D eigenvalue weighted by atomic mass is 35.5. The van der Waals surface area contributed by atoms with Gasteiger partial charge in [-0.3, -0.25) is 5.43 Å². The van der Waals surface area contributed by atoms with E-state index in [0.717, 1.165) is 11.3 Å². The molecule has 0 amide bonds. The van der Waals surface area contributed by atoms with Crippen molar-refractivity contribution in [2.45, 2.75) is 0 Å². The zero-order chi connectivity index (χ0) is 14.4. The van der Waals surface area contributed by atoms with Crippen LogP contribution in [-0.2, 0) is 0 Å². The molecule has 5 heteroatoms. The van der Waals surface area contributed by atoms with Crippen molar-refractivity contribution < 1.29 is 9.47 Å². The molecule has 2 aromatic rings. The minimum atomic E-state index is 0.543. The molecule has 0 atom stereocenters. The van der Waals surface area contributed by atoms with Crippen molar-refractivity contribution in [1.82, 2.24) is 0 Å². The van der Waals surface area contributed by atoms with Crippen LogP contribution < -0.4 is 14.9 Å². The molecule has 20 heavy (non-hydrogen) atoms. The normalized spacial score (nSPS) is 10.6. The molecular formula is C15H15ClN2O2. The molecule has 0 aliphatic carbocycles.